The number of carboxylic acid groups (broad SMARTS) is 1. The number of aliphatic carboxylic acids is 1. The summed E-state index contributed by atoms with van der Waals surface area (Å²) in [5, 5.41) is 23.6. The Morgan fingerprint density at radius 1 is 0.815 bits per heavy atom. The molecule has 1 aromatic carbocycles. The Balaban J connectivity index is 1.93. The molecule has 0 bridgehead atoms. The summed E-state index contributed by atoms with van der Waals surface area (Å²) in [6, 6.07) is 0.724. The number of H-pyrrole nitrogens is 2. The molecule has 0 aliphatic heterocycles. The molecule has 0 saturated carbocycles. The van der Waals surface area contributed by atoms with Crippen LogP contribution in [0.2, 0.25) is 0 Å². The molecule has 17 nitrogen and oxygen atoms in total. The van der Waals surface area contributed by atoms with Crippen LogP contribution in [0.3, 0.4) is 0 Å². The number of carbonyl (C=O) groups excluding carboxylic acids is 5. The molecule has 12 N–H and O–H groups in total. The number of amides is 5. The number of fused-ring (bicyclic) bond motifs is 1. The van der Waals surface area contributed by atoms with Gasteiger partial charge in [0.2, 0.25) is 29.5 Å². The molecular formula is C36H54N10O7S. The molecular weight excluding hydrogens is 717 g/mol. The smallest absolute Gasteiger partial charge is 0.325 e. The van der Waals surface area contributed by atoms with Crippen molar-refractivity contribution in [2.75, 3.05) is 18.6 Å². The van der Waals surface area contributed by atoms with Gasteiger partial charge in [0.15, 0.2) is 0 Å². The molecule has 0 spiro atoms. The maximum absolute atomic E-state index is 14.2. The fraction of sp³-hybridized carbons (Fsp3) is 0.528. The first-order valence-electron chi connectivity index (χ1n) is 18.0. The number of nitrogens with two attached hydrogens (primary N) is 2. The van der Waals surface area contributed by atoms with E-state index in [1.165, 1.54) is 19.4 Å². The van der Waals surface area contributed by atoms with Crippen LogP contribution in [0.25, 0.3) is 10.9 Å². The van der Waals surface area contributed by atoms with E-state index >= 15 is 0 Å². The van der Waals surface area contributed by atoms with Crippen molar-refractivity contribution in [2.24, 2.45) is 17.4 Å². The molecule has 18 heteroatoms. The van der Waals surface area contributed by atoms with Gasteiger partial charge in [-0.1, -0.05) is 32.0 Å². The van der Waals surface area contributed by atoms with Gasteiger partial charge in [-0.25, -0.2) is 4.98 Å². The van der Waals surface area contributed by atoms with Crippen molar-refractivity contribution in [2.45, 2.75) is 95.5 Å². The number of nitrogens with one attached hydrogen (secondary N) is 7. The van der Waals surface area contributed by atoms with Crippen molar-refractivity contribution in [1.29, 1.82) is 0 Å². The standard InChI is InChI=1S/C36H54N10O7S/c1-20(2)30(46-31(47)25(38)12-14-54-4)35(51)45-29(16-23-18-39-19-41-23)34(50)44-28(15-22-17-40-26-10-6-5-9-24(22)26)33(49)43-27(11-7-8-13-37)32(48)42-21(3)36(52)53/h5-6,9-10,17-21,25,27-30,40H,7-8,11-16,37-38H2,1-4H3,(H,39,41)(H,42,48)(H,43,49)(H,44,50)(H,45,51)(H,46,47)(H,52,53)/t21-,25-,27-,28-,29-,30-/m0/s1. The minimum atomic E-state index is -1.25. The van der Waals surface area contributed by atoms with Gasteiger partial charge in [0.05, 0.1) is 12.4 Å². The van der Waals surface area contributed by atoms with E-state index in [4.69, 9.17) is 11.5 Å². The van der Waals surface area contributed by atoms with Crippen LogP contribution >= 0.6 is 11.8 Å². The first-order valence-corrected chi connectivity index (χ1v) is 19.4. The molecule has 5 amide bonds. The van der Waals surface area contributed by atoms with E-state index in [1.54, 1.807) is 31.8 Å². The molecule has 0 fully saturated rings. The van der Waals surface area contributed by atoms with Crippen LogP contribution in [0.5, 0.6) is 0 Å². The predicted molar refractivity (Wildman–Crippen MR) is 206 cm³/mol. The van der Waals surface area contributed by atoms with E-state index in [0.29, 0.717) is 42.8 Å². The monoisotopic (exact) mass is 770 g/mol. The second-order valence-electron chi connectivity index (χ2n) is 13.5. The summed E-state index contributed by atoms with van der Waals surface area (Å²) >= 11 is 1.54. The Morgan fingerprint density at radius 2 is 1.46 bits per heavy atom. The van der Waals surface area contributed by atoms with Crippen molar-refractivity contribution in [1.82, 2.24) is 41.5 Å². The van der Waals surface area contributed by atoms with Crippen LogP contribution < -0.4 is 38.1 Å². The summed E-state index contributed by atoms with van der Waals surface area (Å²) in [5.74, 6) is -4.20. The third-order valence-electron chi connectivity index (χ3n) is 8.87. The zero-order chi connectivity index (χ0) is 39.8. The summed E-state index contributed by atoms with van der Waals surface area (Å²) in [7, 11) is 0. The summed E-state index contributed by atoms with van der Waals surface area (Å²) in [6.45, 7) is 5.16. The number of unbranched alkanes of at least 4 members (excludes halogenated alkanes) is 1. The zero-order valence-corrected chi connectivity index (χ0v) is 32.0. The van der Waals surface area contributed by atoms with E-state index in [2.05, 4.69) is 41.5 Å². The van der Waals surface area contributed by atoms with E-state index in [0.717, 1.165) is 10.9 Å². The number of carbonyl (C=O) groups is 6. The highest BCUT2D eigenvalue weighted by molar-refractivity contribution is 7.98. The first-order chi connectivity index (χ1) is 25.7. The molecule has 54 heavy (non-hydrogen) atoms. The molecule has 0 radical (unpaired) electrons. The van der Waals surface area contributed by atoms with Crippen molar-refractivity contribution < 1.29 is 33.9 Å². The van der Waals surface area contributed by atoms with Crippen molar-refractivity contribution in [3.63, 3.8) is 0 Å². The van der Waals surface area contributed by atoms with E-state index < -0.39 is 71.8 Å². The molecule has 2 heterocycles. The second-order valence-corrected chi connectivity index (χ2v) is 14.5. The SMILES string of the molecule is CSCC[C@H](N)C(=O)N[C@H](C(=O)N[C@@H](Cc1cnc[nH]1)C(=O)N[C@@H](Cc1c[nH]c2ccccc12)C(=O)N[C@@H](CCCCN)C(=O)N[C@@H](C)C(=O)O)C(C)C. The Kier molecular flexibility index (Phi) is 17.5. The molecule has 0 aliphatic carbocycles. The number of benzene rings is 1. The summed E-state index contributed by atoms with van der Waals surface area (Å²) < 4.78 is 0. The number of nitrogens with zero attached hydrogens (tertiary/aromatic N) is 1. The Bertz CT molecular complexity index is 1700. The van der Waals surface area contributed by atoms with Crippen LogP contribution in [0.1, 0.15) is 57.7 Å². The Morgan fingerprint density at radius 3 is 2.09 bits per heavy atom. The molecule has 3 aromatic rings. The fourth-order valence-corrected chi connectivity index (χ4v) is 6.16. The highest BCUT2D eigenvalue weighted by atomic mass is 32.2. The topological polar surface area (TPSA) is 279 Å². The van der Waals surface area contributed by atoms with Crippen LogP contribution in [-0.2, 0) is 41.6 Å². The van der Waals surface area contributed by atoms with Gasteiger partial charge in [0.1, 0.15) is 30.2 Å². The maximum Gasteiger partial charge on any atom is 0.325 e. The number of carboxylic acids is 1. The largest absolute Gasteiger partial charge is 0.480 e. The summed E-state index contributed by atoms with van der Waals surface area (Å²) in [4.78, 5) is 89.7. The molecule has 3 rings (SSSR count). The van der Waals surface area contributed by atoms with Crippen molar-refractivity contribution >= 4 is 58.2 Å². The van der Waals surface area contributed by atoms with E-state index in [1.807, 2.05) is 30.5 Å². The van der Waals surface area contributed by atoms with E-state index in [-0.39, 0.29) is 25.2 Å². The predicted octanol–water partition coefficient (Wildman–Crippen LogP) is 0.0701. The summed E-state index contributed by atoms with van der Waals surface area (Å²) in [6.07, 6.45) is 8.09. The number of rotatable bonds is 23. The van der Waals surface area contributed by atoms with Crippen molar-refractivity contribution in [3.8, 4) is 0 Å². The Hall–Kier alpha value is -4.94. The Labute approximate surface area is 318 Å². The van der Waals surface area contributed by atoms with Crippen LogP contribution in [-0.4, -0.2) is 110 Å². The second kappa shape index (κ2) is 21.7. The number of hydrogen-bond acceptors (Lipinski definition) is 10. The quantitative estimate of drug-likeness (QED) is 0.0576. The lowest BCUT2D eigenvalue weighted by Crippen LogP contribution is -2.60. The lowest BCUT2D eigenvalue weighted by molar-refractivity contribution is -0.141. The van der Waals surface area contributed by atoms with Crippen LogP contribution in [0.15, 0.2) is 43.0 Å². The number of thioether (sulfide) groups is 1. The van der Waals surface area contributed by atoms with Gasteiger partial charge >= 0.3 is 5.97 Å². The normalized spacial score (nSPS) is 14.6. The third kappa shape index (κ3) is 13.2. The van der Waals surface area contributed by atoms with Gasteiger partial charge in [-0.2, -0.15) is 11.8 Å². The fourth-order valence-electron chi connectivity index (χ4n) is 5.67. The highest BCUT2D eigenvalue weighted by Crippen LogP contribution is 2.20. The molecule has 0 saturated heterocycles. The highest BCUT2D eigenvalue weighted by Gasteiger charge is 2.34. The minimum Gasteiger partial charge on any atom is -0.480 e. The third-order valence-corrected chi connectivity index (χ3v) is 9.51. The zero-order valence-electron chi connectivity index (χ0n) is 31.1. The van der Waals surface area contributed by atoms with Crippen LogP contribution in [0, 0.1) is 5.92 Å². The first kappa shape index (κ1) is 43.5. The number of aromatic amines is 2. The minimum absolute atomic E-state index is 0.00636. The molecule has 6 atom stereocenters. The van der Waals surface area contributed by atoms with Gasteiger partial charge in [-0.3, -0.25) is 28.8 Å². The number of hydrogen-bond donors (Lipinski definition) is 10. The van der Waals surface area contributed by atoms with Gasteiger partial charge in [-0.15, -0.1) is 0 Å². The number of para-hydroxylation sites is 1. The molecule has 0 unspecified atom stereocenters. The van der Waals surface area contributed by atoms with Gasteiger partial charge < -0.3 is 53.1 Å². The lowest BCUT2D eigenvalue weighted by Gasteiger charge is -2.28. The molecule has 2 aromatic heterocycles. The van der Waals surface area contributed by atoms with E-state index in [9.17, 15) is 33.9 Å². The molecule has 0 aliphatic rings. The van der Waals surface area contributed by atoms with Gasteiger partial charge in [0, 0.05) is 41.8 Å². The molecule has 296 valence electrons. The van der Waals surface area contributed by atoms with Gasteiger partial charge in [0.25, 0.3) is 0 Å². The average Bonchev–Trinajstić information content (AvgIpc) is 3.81. The van der Waals surface area contributed by atoms with Crippen molar-refractivity contribution in [3.05, 3.63) is 54.2 Å². The van der Waals surface area contributed by atoms with Gasteiger partial charge in [-0.05, 0) is 68.7 Å². The van der Waals surface area contributed by atoms with Crippen LogP contribution in [0.4, 0.5) is 0 Å². The number of aromatic nitrogens is 3. The maximum atomic E-state index is 14.2. The number of imidazole rings is 1. The lowest BCUT2D eigenvalue weighted by atomic mass is 10.0. The summed E-state index contributed by atoms with van der Waals surface area (Å²) in [5.41, 5.74) is 13.7. The average molecular weight is 771 g/mol.